The molecule has 0 aromatic rings. The first-order valence-corrected chi connectivity index (χ1v) is 0. The standard InChI is InChI=1S/Ag.Bi.Cu.2Sn. The molecular weight excluding hydrogens is 618 g/mol. The van der Waals surface area contributed by atoms with Gasteiger partial charge in [-0.05, 0) is 0 Å². The summed E-state index contributed by atoms with van der Waals surface area (Å²) in [7, 11) is 0. The summed E-state index contributed by atoms with van der Waals surface area (Å²) in [5, 5.41) is 0. The predicted molar refractivity (Wildman–Crippen MR) is 17.3 cm³/mol. The van der Waals surface area contributed by atoms with Crippen LogP contribution in [0.4, 0.5) is 0 Å². The SMILES string of the molecule is [Ag].[Bi].[Cu].[Sn].[Sn]. The Morgan fingerprint density at radius 1 is 0.800 bits per heavy atom. The van der Waals surface area contributed by atoms with Gasteiger partial charge in [0.2, 0.25) is 0 Å². The molecule has 0 aliphatic carbocycles. The molecule has 0 aromatic heterocycles. The molecule has 0 saturated carbocycles. The molecule has 0 aliphatic rings. The van der Waals surface area contributed by atoms with Crippen LogP contribution in [0.25, 0.3) is 0 Å². The van der Waals surface area contributed by atoms with Crippen molar-refractivity contribution < 1.29 is 39.4 Å². The van der Waals surface area contributed by atoms with Crippen LogP contribution in [0, 0.1) is 0 Å². The van der Waals surface area contributed by atoms with Crippen molar-refractivity contribution in [3.8, 4) is 0 Å². The fourth-order valence-electron chi connectivity index (χ4n) is 0. The van der Waals surface area contributed by atoms with Crippen molar-refractivity contribution in [3.05, 3.63) is 0 Å². The minimum Gasteiger partial charge on any atom is 0 e. The smallest absolute Gasteiger partial charge is 0 e. The first-order valence-electron chi connectivity index (χ1n) is 0. The fraction of sp³-hybridized carbons (Fsp3) is 0. The summed E-state index contributed by atoms with van der Waals surface area (Å²) >= 11 is 0. The zero-order valence-electron chi connectivity index (χ0n) is 2.05. The van der Waals surface area contributed by atoms with E-state index in [2.05, 4.69) is 0 Å². The Hall–Kier alpha value is 3.74. The predicted octanol–water partition coefficient (Wildman–Crippen LogP) is -1.15. The van der Waals surface area contributed by atoms with Gasteiger partial charge in [-0.2, -0.15) is 0 Å². The van der Waals surface area contributed by atoms with Crippen LogP contribution < -0.4 is 0 Å². The average Bonchev–Trinajstić information content (AvgIpc) is 0. The topological polar surface area (TPSA) is 0 Å². The van der Waals surface area contributed by atoms with Gasteiger partial charge in [0.25, 0.3) is 0 Å². The molecule has 0 aromatic carbocycles. The minimum absolute atomic E-state index is 0. The van der Waals surface area contributed by atoms with Gasteiger partial charge in [-0.3, -0.25) is 0 Å². The third-order valence-corrected chi connectivity index (χ3v) is 0. The Labute approximate surface area is 111 Å². The molecular formula is AgBiCuSn2. The molecule has 0 heterocycles. The van der Waals surface area contributed by atoms with Crippen molar-refractivity contribution in [1.29, 1.82) is 0 Å². The summed E-state index contributed by atoms with van der Waals surface area (Å²) in [5.74, 6) is 0. The van der Waals surface area contributed by atoms with Gasteiger partial charge < -0.3 is 0 Å². The quantitative estimate of drug-likeness (QED) is 0.302. The van der Waals surface area contributed by atoms with Gasteiger partial charge in [0.1, 0.15) is 0 Å². The maximum atomic E-state index is 0. The summed E-state index contributed by atoms with van der Waals surface area (Å²) in [6.07, 6.45) is 0. The molecule has 0 spiro atoms. The van der Waals surface area contributed by atoms with Crippen molar-refractivity contribution in [2.75, 3.05) is 0 Å². The van der Waals surface area contributed by atoms with Crippen LogP contribution in [0.5, 0.6) is 0 Å². The van der Waals surface area contributed by atoms with E-state index in [-0.39, 0.29) is 113 Å². The van der Waals surface area contributed by atoms with E-state index < -0.39 is 0 Å². The molecule has 0 aliphatic heterocycles. The maximum absolute atomic E-state index is 0. The second-order valence-electron chi connectivity index (χ2n) is 0. The Bertz CT molecular complexity index is 9.61. The maximum Gasteiger partial charge on any atom is 0 e. The fourth-order valence-corrected chi connectivity index (χ4v) is 0. The molecule has 35 valence electrons. The van der Waals surface area contributed by atoms with E-state index in [9.17, 15) is 0 Å². The molecule has 0 amide bonds. The summed E-state index contributed by atoms with van der Waals surface area (Å²) in [6, 6.07) is 0. The molecule has 5 heteroatoms. The van der Waals surface area contributed by atoms with E-state index in [0.29, 0.717) is 0 Å². The molecule has 0 N–H and O–H groups in total. The largest absolute Gasteiger partial charge is 0 e. The Morgan fingerprint density at radius 2 is 0.800 bits per heavy atom. The van der Waals surface area contributed by atoms with Crippen LogP contribution in [0.15, 0.2) is 0 Å². The van der Waals surface area contributed by atoms with Gasteiger partial charge in [-0.1, -0.05) is 0 Å². The zero-order chi connectivity index (χ0) is 0. The van der Waals surface area contributed by atoms with Crippen molar-refractivity contribution in [2.24, 2.45) is 0 Å². The normalized spacial score (nSPS) is 0. The Kier molecular flexibility index (Phi) is 188. The van der Waals surface area contributed by atoms with E-state index in [1.165, 1.54) is 0 Å². The van der Waals surface area contributed by atoms with Crippen molar-refractivity contribution in [3.63, 3.8) is 0 Å². The Balaban J connectivity index is 0. The third-order valence-electron chi connectivity index (χ3n) is 0. The molecule has 5 heavy (non-hydrogen) atoms. The van der Waals surface area contributed by atoms with E-state index in [0.717, 1.165) is 0 Å². The summed E-state index contributed by atoms with van der Waals surface area (Å²) in [6.45, 7) is 0. The van der Waals surface area contributed by atoms with Gasteiger partial charge in [-0.25, -0.2) is 0 Å². The molecule has 0 rings (SSSR count). The van der Waals surface area contributed by atoms with Crippen LogP contribution in [0.1, 0.15) is 0 Å². The Morgan fingerprint density at radius 3 is 0.800 bits per heavy atom. The summed E-state index contributed by atoms with van der Waals surface area (Å²) in [5.41, 5.74) is 0. The number of hydrogen-bond acceptors (Lipinski definition) is 0. The molecule has 0 atom stereocenters. The van der Waals surface area contributed by atoms with Crippen molar-refractivity contribution >= 4 is 74.0 Å². The van der Waals surface area contributed by atoms with E-state index >= 15 is 0 Å². The molecule has 0 fully saturated rings. The van der Waals surface area contributed by atoms with E-state index in [1.54, 1.807) is 0 Å². The molecule has 0 nitrogen and oxygen atoms in total. The first kappa shape index (κ1) is 37.4. The monoisotopic (exact) mass is 619 g/mol. The van der Waals surface area contributed by atoms with Crippen LogP contribution in [-0.4, -0.2) is 74.0 Å². The minimum atomic E-state index is 0. The first-order chi connectivity index (χ1) is 0. The summed E-state index contributed by atoms with van der Waals surface area (Å²) < 4.78 is 0. The van der Waals surface area contributed by atoms with Gasteiger partial charge in [-0.15, -0.1) is 0 Å². The second-order valence-corrected chi connectivity index (χ2v) is 0. The molecule has 0 saturated heterocycles. The van der Waals surface area contributed by atoms with Crippen LogP contribution in [0.2, 0.25) is 0 Å². The van der Waals surface area contributed by atoms with Crippen molar-refractivity contribution in [2.45, 2.75) is 0 Å². The van der Waals surface area contributed by atoms with E-state index in [4.69, 9.17) is 0 Å². The number of rotatable bonds is 0. The van der Waals surface area contributed by atoms with Gasteiger partial charge >= 0.3 is 0 Å². The van der Waals surface area contributed by atoms with Gasteiger partial charge in [0.05, 0.1) is 0 Å². The molecule has 13 radical (unpaired) electrons. The number of hydrogen-bond donors (Lipinski definition) is 0. The second kappa shape index (κ2) is 25.1. The van der Waals surface area contributed by atoms with Crippen molar-refractivity contribution in [1.82, 2.24) is 0 Å². The molecule has 0 unspecified atom stereocenters. The van der Waals surface area contributed by atoms with Gasteiger partial charge in [0.15, 0.2) is 0 Å². The molecule has 0 bridgehead atoms. The average molecular weight is 618 g/mol. The van der Waals surface area contributed by atoms with Crippen LogP contribution in [-0.2, 0) is 39.4 Å². The van der Waals surface area contributed by atoms with Crippen LogP contribution >= 0.6 is 0 Å². The zero-order valence-corrected chi connectivity index (χ0v) is 13.7. The van der Waals surface area contributed by atoms with E-state index in [1.807, 2.05) is 0 Å². The third kappa shape index (κ3) is 18.2. The summed E-state index contributed by atoms with van der Waals surface area (Å²) in [4.78, 5) is 0. The van der Waals surface area contributed by atoms with Gasteiger partial charge in [0, 0.05) is 113 Å². The van der Waals surface area contributed by atoms with Crippen LogP contribution in [0.3, 0.4) is 0 Å².